The van der Waals surface area contributed by atoms with Gasteiger partial charge in [-0.1, -0.05) is 54.1 Å². The van der Waals surface area contributed by atoms with E-state index in [2.05, 4.69) is 68.8 Å². The van der Waals surface area contributed by atoms with E-state index < -0.39 is 0 Å². The van der Waals surface area contributed by atoms with E-state index in [9.17, 15) is 0 Å². The minimum absolute atomic E-state index is 1.27. The first-order valence-electron chi connectivity index (χ1n) is 5.23. The van der Waals surface area contributed by atoms with Crippen LogP contribution in [0.15, 0.2) is 48.5 Å². The van der Waals surface area contributed by atoms with Gasteiger partial charge in [-0.25, -0.2) is 0 Å². The van der Waals surface area contributed by atoms with Gasteiger partial charge in [0.1, 0.15) is 0 Å². The molecule has 0 bridgehead atoms. The molecule has 75 valence electrons. The lowest BCUT2D eigenvalue weighted by atomic mass is 10.00. The average Bonchev–Trinajstić information content (AvgIpc) is 2.22. The van der Waals surface area contributed by atoms with Gasteiger partial charge in [-0.2, -0.15) is 0 Å². The summed E-state index contributed by atoms with van der Waals surface area (Å²) in [6, 6.07) is 17.0. The zero-order chi connectivity index (χ0) is 10.7. The van der Waals surface area contributed by atoms with Crippen LogP contribution in [0.5, 0.6) is 0 Å². The fourth-order valence-corrected chi connectivity index (χ4v) is 1.69. The van der Waals surface area contributed by atoms with Crippen molar-refractivity contribution >= 4 is 0 Å². The highest BCUT2D eigenvalue weighted by Gasteiger charge is 1.99. The van der Waals surface area contributed by atoms with Gasteiger partial charge in [0, 0.05) is 6.42 Å². The molecule has 0 saturated heterocycles. The molecule has 2 aromatic rings. The Morgan fingerprint density at radius 1 is 0.867 bits per heavy atom. The maximum Gasteiger partial charge on any atom is 0.0202 e. The van der Waals surface area contributed by atoms with E-state index >= 15 is 0 Å². The zero-order valence-corrected chi connectivity index (χ0v) is 9.20. The molecular formula is C15H15. The Morgan fingerprint density at radius 3 is 2.40 bits per heavy atom. The summed E-state index contributed by atoms with van der Waals surface area (Å²) in [4.78, 5) is 0. The second-order valence-electron chi connectivity index (χ2n) is 3.92. The van der Waals surface area contributed by atoms with E-state index in [1.807, 2.05) is 0 Å². The standard InChI is InChI=1S/C15H15/c1-12-6-5-8-14(10-12)11-15-9-4-3-7-13(15)2/h3-11H,1-2H3. The maximum absolute atomic E-state index is 2.22. The van der Waals surface area contributed by atoms with E-state index in [4.69, 9.17) is 0 Å². The molecule has 0 heteroatoms. The van der Waals surface area contributed by atoms with Crippen molar-refractivity contribution in [2.75, 3.05) is 0 Å². The number of rotatable bonds is 2. The average molecular weight is 195 g/mol. The van der Waals surface area contributed by atoms with Crippen LogP contribution in [0.3, 0.4) is 0 Å². The number of benzene rings is 2. The van der Waals surface area contributed by atoms with Crippen molar-refractivity contribution in [3.05, 3.63) is 77.2 Å². The largest absolute Gasteiger partial charge is 0.0620 e. The smallest absolute Gasteiger partial charge is 0.0202 e. The lowest BCUT2D eigenvalue weighted by molar-refractivity contribution is 1.33. The summed E-state index contributed by atoms with van der Waals surface area (Å²) in [5, 5.41) is 0. The second-order valence-corrected chi connectivity index (χ2v) is 3.92. The van der Waals surface area contributed by atoms with Crippen molar-refractivity contribution in [1.82, 2.24) is 0 Å². The Morgan fingerprint density at radius 2 is 1.67 bits per heavy atom. The van der Waals surface area contributed by atoms with Gasteiger partial charge in [0.2, 0.25) is 0 Å². The van der Waals surface area contributed by atoms with E-state index in [1.54, 1.807) is 0 Å². The molecule has 0 aliphatic carbocycles. The Kier molecular flexibility index (Phi) is 2.86. The van der Waals surface area contributed by atoms with E-state index in [0.717, 1.165) is 0 Å². The molecule has 1 radical (unpaired) electrons. The van der Waals surface area contributed by atoms with Crippen LogP contribution in [0.25, 0.3) is 0 Å². The molecule has 0 N–H and O–H groups in total. The van der Waals surface area contributed by atoms with E-state index in [-0.39, 0.29) is 0 Å². The minimum atomic E-state index is 1.27. The molecule has 0 amide bonds. The molecule has 0 unspecified atom stereocenters. The lowest BCUT2D eigenvalue weighted by Gasteiger charge is -2.05. The van der Waals surface area contributed by atoms with Crippen LogP contribution in [-0.4, -0.2) is 0 Å². The third-order valence-corrected chi connectivity index (χ3v) is 2.55. The molecule has 2 rings (SSSR count). The van der Waals surface area contributed by atoms with Gasteiger partial charge in [0.15, 0.2) is 0 Å². The summed E-state index contributed by atoms with van der Waals surface area (Å²) in [6.45, 7) is 4.26. The predicted molar refractivity (Wildman–Crippen MR) is 64.9 cm³/mol. The molecular weight excluding hydrogens is 180 g/mol. The molecule has 0 nitrogen and oxygen atoms in total. The summed E-state index contributed by atoms with van der Waals surface area (Å²) >= 11 is 0. The summed E-state index contributed by atoms with van der Waals surface area (Å²) in [7, 11) is 0. The molecule has 0 aliphatic heterocycles. The van der Waals surface area contributed by atoms with Crippen LogP contribution >= 0.6 is 0 Å². The summed E-state index contributed by atoms with van der Waals surface area (Å²) < 4.78 is 0. The predicted octanol–water partition coefficient (Wildman–Crippen LogP) is 3.90. The van der Waals surface area contributed by atoms with Gasteiger partial charge in [0.25, 0.3) is 0 Å². The molecule has 0 atom stereocenters. The highest BCUT2D eigenvalue weighted by atomic mass is 14.0. The third kappa shape index (κ3) is 2.47. The second kappa shape index (κ2) is 4.31. The monoisotopic (exact) mass is 195 g/mol. The topological polar surface area (TPSA) is 0 Å². The Hall–Kier alpha value is -1.56. The molecule has 0 saturated carbocycles. The zero-order valence-electron chi connectivity index (χ0n) is 9.20. The molecule has 2 aromatic carbocycles. The Balaban J connectivity index is 2.26. The minimum Gasteiger partial charge on any atom is -0.0620 e. The van der Waals surface area contributed by atoms with Crippen LogP contribution in [-0.2, 0) is 0 Å². The first kappa shape index (κ1) is 9.97. The van der Waals surface area contributed by atoms with Gasteiger partial charge >= 0.3 is 0 Å². The highest BCUT2D eigenvalue weighted by Crippen LogP contribution is 2.16. The number of hydrogen-bond donors (Lipinski definition) is 0. The van der Waals surface area contributed by atoms with Crippen LogP contribution in [0.2, 0.25) is 0 Å². The summed E-state index contributed by atoms with van der Waals surface area (Å²) in [5.41, 5.74) is 5.18. The molecule has 0 aliphatic rings. The highest BCUT2D eigenvalue weighted by molar-refractivity contribution is 5.42. The van der Waals surface area contributed by atoms with Crippen molar-refractivity contribution < 1.29 is 0 Å². The molecule has 0 aromatic heterocycles. The number of hydrogen-bond acceptors (Lipinski definition) is 0. The lowest BCUT2D eigenvalue weighted by Crippen LogP contribution is -1.88. The van der Waals surface area contributed by atoms with Gasteiger partial charge < -0.3 is 0 Å². The van der Waals surface area contributed by atoms with E-state index in [0.29, 0.717) is 0 Å². The molecule has 15 heavy (non-hydrogen) atoms. The van der Waals surface area contributed by atoms with Gasteiger partial charge in [0.05, 0.1) is 0 Å². The normalized spacial score (nSPS) is 10.3. The summed E-state index contributed by atoms with van der Waals surface area (Å²) in [6.07, 6.45) is 2.22. The Labute approximate surface area is 91.6 Å². The van der Waals surface area contributed by atoms with E-state index in [1.165, 1.54) is 22.3 Å². The van der Waals surface area contributed by atoms with Crippen molar-refractivity contribution in [2.24, 2.45) is 0 Å². The van der Waals surface area contributed by atoms with Crippen molar-refractivity contribution in [2.45, 2.75) is 13.8 Å². The van der Waals surface area contributed by atoms with Gasteiger partial charge in [-0.05, 0) is 30.5 Å². The van der Waals surface area contributed by atoms with Crippen molar-refractivity contribution in [1.29, 1.82) is 0 Å². The van der Waals surface area contributed by atoms with Crippen LogP contribution in [0.1, 0.15) is 22.3 Å². The van der Waals surface area contributed by atoms with Crippen molar-refractivity contribution in [3.8, 4) is 0 Å². The quantitative estimate of drug-likeness (QED) is 0.681. The number of aryl methyl sites for hydroxylation is 2. The van der Waals surface area contributed by atoms with Crippen LogP contribution in [0, 0.1) is 20.3 Å². The van der Waals surface area contributed by atoms with Crippen LogP contribution < -0.4 is 0 Å². The molecule has 0 spiro atoms. The third-order valence-electron chi connectivity index (χ3n) is 2.55. The first-order chi connectivity index (χ1) is 7.25. The summed E-state index contributed by atoms with van der Waals surface area (Å²) in [5.74, 6) is 0. The van der Waals surface area contributed by atoms with Crippen LogP contribution in [0.4, 0.5) is 0 Å². The van der Waals surface area contributed by atoms with Crippen molar-refractivity contribution in [3.63, 3.8) is 0 Å². The molecule has 0 fully saturated rings. The maximum atomic E-state index is 2.22. The van der Waals surface area contributed by atoms with Gasteiger partial charge in [-0.3, -0.25) is 0 Å². The fraction of sp³-hybridized carbons (Fsp3) is 0.133. The first-order valence-corrected chi connectivity index (χ1v) is 5.23. The Bertz CT molecular complexity index is 455. The fourth-order valence-electron chi connectivity index (χ4n) is 1.69. The SMILES string of the molecule is Cc1cccc([CH]c2ccccc2C)c1. The van der Waals surface area contributed by atoms with Gasteiger partial charge in [-0.15, -0.1) is 0 Å². The molecule has 0 heterocycles.